The van der Waals surface area contributed by atoms with E-state index in [4.69, 9.17) is 17.0 Å². The average molecular weight is 637 g/mol. The van der Waals surface area contributed by atoms with Crippen LogP contribution in [0.4, 0.5) is 10.1 Å². The molecule has 0 aliphatic carbocycles. The van der Waals surface area contributed by atoms with Gasteiger partial charge in [-0.1, -0.05) is 42.5 Å². The van der Waals surface area contributed by atoms with Gasteiger partial charge < -0.3 is 4.74 Å². The predicted octanol–water partition coefficient (Wildman–Crippen LogP) is 5.60. The SMILES string of the molecule is O=C1NC(=S)N(c2ccccc2F)C(=O)/C1=C/c1cc(Br)c(OCc2ccccc2)c(I)c1. The second-order valence-corrected chi connectivity index (χ2v) is 9.40. The number of carbonyl (C=O) groups excluding carboxylic acids is 2. The molecule has 1 N–H and O–H groups in total. The summed E-state index contributed by atoms with van der Waals surface area (Å²) in [5.41, 5.74) is 1.43. The van der Waals surface area contributed by atoms with Gasteiger partial charge in [-0.25, -0.2) is 9.29 Å². The molecule has 0 saturated carbocycles. The van der Waals surface area contributed by atoms with Crippen molar-refractivity contribution in [3.8, 4) is 5.75 Å². The summed E-state index contributed by atoms with van der Waals surface area (Å²) in [4.78, 5) is 26.6. The van der Waals surface area contributed by atoms with Gasteiger partial charge in [0.1, 0.15) is 23.7 Å². The van der Waals surface area contributed by atoms with Crippen LogP contribution in [-0.2, 0) is 16.2 Å². The first kappa shape index (κ1) is 23.5. The van der Waals surface area contributed by atoms with Crippen LogP contribution in [0.5, 0.6) is 5.75 Å². The lowest BCUT2D eigenvalue weighted by Gasteiger charge is -2.29. The Balaban J connectivity index is 1.63. The summed E-state index contributed by atoms with van der Waals surface area (Å²) in [6, 6.07) is 19.0. The van der Waals surface area contributed by atoms with Crippen molar-refractivity contribution in [2.75, 3.05) is 4.90 Å². The quantitative estimate of drug-likeness (QED) is 0.171. The van der Waals surface area contributed by atoms with E-state index in [1.54, 1.807) is 18.2 Å². The largest absolute Gasteiger partial charge is 0.487 e. The van der Waals surface area contributed by atoms with Crippen LogP contribution in [0.2, 0.25) is 0 Å². The van der Waals surface area contributed by atoms with Gasteiger partial charge in [0, 0.05) is 0 Å². The maximum Gasteiger partial charge on any atom is 0.270 e. The minimum Gasteiger partial charge on any atom is -0.487 e. The highest BCUT2D eigenvalue weighted by atomic mass is 127. The molecule has 1 aliphatic heterocycles. The summed E-state index contributed by atoms with van der Waals surface area (Å²) in [6.45, 7) is 0.395. The first-order valence-electron chi connectivity index (χ1n) is 9.67. The zero-order valence-corrected chi connectivity index (χ0v) is 21.4. The number of ether oxygens (including phenoxy) is 1. The highest BCUT2D eigenvalue weighted by Crippen LogP contribution is 2.34. The predicted molar refractivity (Wildman–Crippen MR) is 140 cm³/mol. The van der Waals surface area contributed by atoms with Gasteiger partial charge in [0.25, 0.3) is 11.8 Å². The second-order valence-electron chi connectivity index (χ2n) is 7.00. The van der Waals surface area contributed by atoms with Crippen molar-refractivity contribution < 1.29 is 18.7 Å². The van der Waals surface area contributed by atoms with Crippen molar-refractivity contribution >= 4 is 79.4 Å². The van der Waals surface area contributed by atoms with E-state index in [9.17, 15) is 14.0 Å². The number of nitrogens with zero attached hydrogens (tertiary/aromatic N) is 1. The zero-order valence-electron chi connectivity index (χ0n) is 16.8. The number of benzene rings is 3. The number of para-hydroxylation sites is 1. The Bertz CT molecular complexity index is 1280. The van der Waals surface area contributed by atoms with E-state index in [2.05, 4.69) is 43.8 Å². The van der Waals surface area contributed by atoms with Gasteiger partial charge in [0.15, 0.2) is 5.11 Å². The maximum atomic E-state index is 14.3. The third-order valence-corrected chi connectivity index (χ3v) is 6.43. The fourth-order valence-corrected chi connectivity index (χ4v) is 5.25. The molecular formula is C24H15BrFIN2O3S. The van der Waals surface area contributed by atoms with Crippen molar-refractivity contribution in [3.05, 3.63) is 97.3 Å². The van der Waals surface area contributed by atoms with Crippen molar-refractivity contribution in [2.45, 2.75) is 6.61 Å². The number of nitrogens with one attached hydrogen (secondary N) is 1. The Morgan fingerprint density at radius 1 is 1.09 bits per heavy atom. The number of carbonyl (C=O) groups is 2. The molecule has 0 aromatic heterocycles. The molecular weight excluding hydrogens is 622 g/mol. The van der Waals surface area contributed by atoms with Gasteiger partial charge in [0.05, 0.1) is 13.7 Å². The summed E-state index contributed by atoms with van der Waals surface area (Å²) in [5.74, 6) is -1.33. The number of amides is 2. The lowest BCUT2D eigenvalue weighted by atomic mass is 10.1. The molecule has 0 atom stereocenters. The molecule has 1 fully saturated rings. The van der Waals surface area contributed by atoms with Crippen LogP contribution in [0.3, 0.4) is 0 Å². The summed E-state index contributed by atoms with van der Waals surface area (Å²) in [6.07, 6.45) is 1.45. The third kappa shape index (κ3) is 5.15. The maximum absolute atomic E-state index is 14.3. The minimum atomic E-state index is -0.704. The monoisotopic (exact) mass is 636 g/mol. The molecule has 1 aliphatic rings. The van der Waals surface area contributed by atoms with E-state index in [-0.39, 0.29) is 16.4 Å². The van der Waals surface area contributed by atoms with Crippen molar-refractivity contribution in [1.82, 2.24) is 5.32 Å². The molecule has 3 aromatic carbocycles. The molecule has 166 valence electrons. The zero-order chi connectivity index (χ0) is 23.5. The fourth-order valence-electron chi connectivity index (χ4n) is 3.21. The van der Waals surface area contributed by atoms with Gasteiger partial charge in [-0.05, 0) is 92.2 Å². The topological polar surface area (TPSA) is 58.6 Å². The molecule has 5 nitrogen and oxygen atoms in total. The van der Waals surface area contributed by atoms with E-state index in [1.807, 2.05) is 30.3 Å². The molecule has 2 amide bonds. The Labute approximate surface area is 216 Å². The Hall–Kier alpha value is -2.63. The van der Waals surface area contributed by atoms with Crippen LogP contribution < -0.4 is 15.0 Å². The first-order valence-corrected chi connectivity index (χ1v) is 11.9. The van der Waals surface area contributed by atoms with Gasteiger partial charge >= 0.3 is 0 Å². The first-order chi connectivity index (χ1) is 15.8. The van der Waals surface area contributed by atoms with Crippen LogP contribution in [-0.4, -0.2) is 16.9 Å². The normalized spacial score (nSPS) is 15.1. The summed E-state index contributed by atoms with van der Waals surface area (Å²) in [5, 5.41) is 2.29. The average Bonchev–Trinajstić information content (AvgIpc) is 2.78. The van der Waals surface area contributed by atoms with Gasteiger partial charge in [0.2, 0.25) is 0 Å². The van der Waals surface area contributed by atoms with E-state index in [0.29, 0.717) is 22.4 Å². The summed E-state index contributed by atoms with van der Waals surface area (Å²) in [7, 11) is 0. The number of hydrogen-bond donors (Lipinski definition) is 1. The molecule has 3 aromatic rings. The second kappa shape index (κ2) is 10.1. The lowest BCUT2D eigenvalue weighted by molar-refractivity contribution is -0.122. The molecule has 1 saturated heterocycles. The van der Waals surface area contributed by atoms with Gasteiger partial charge in [-0.2, -0.15) is 0 Å². The van der Waals surface area contributed by atoms with Crippen molar-refractivity contribution in [3.63, 3.8) is 0 Å². The smallest absolute Gasteiger partial charge is 0.270 e. The highest BCUT2D eigenvalue weighted by molar-refractivity contribution is 14.1. The van der Waals surface area contributed by atoms with Crippen LogP contribution >= 0.6 is 50.7 Å². The molecule has 4 rings (SSSR count). The Morgan fingerprint density at radius 3 is 2.48 bits per heavy atom. The molecule has 0 spiro atoms. The third-order valence-electron chi connectivity index (χ3n) is 4.75. The molecule has 9 heteroatoms. The van der Waals surface area contributed by atoms with E-state index in [0.717, 1.165) is 14.0 Å². The van der Waals surface area contributed by atoms with E-state index in [1.165, 1.54) is 24.3 Å². The standard InChI is InChI=1S/C24H15BrFIN2O3S/c25-17-11-15(12-19(27)21(17)32-13-14-6-2-1-3-7-14)10-16-22(30)28-24(33)29(23(16)31)20-9-5-4-8-18(20)26/h1-12H,13H2,(H,28,30,33)/b16-10+. The summed E-state index contributed by atoms with van der Waals surface area (Å²) >= 11 is 10.8. The molecule has 0 bridgehead atoms. The van der Waals surface area contributed by atoms with E-state index < -0.39 is 17.6 Å². The van der Waals surface area contributed by atoms with Crippen LogP contribution in [0, 0.1) is 9.39 Å². The van der Waals surface area contributed by atoms with Gasteiger partial charge in [-0.15, -0.1) is 0 Å². The van der Waals surface area contributed by atoms with Crippen LogP contribution in [0.25, 0.3) is 6.08 Å². The van der Waals surface area contributed by atoms with Crippen LogP contribution in [0.1, 0.15) is 11.1 Å². The molecule has 0 unspecified atom stereocenters. The molecule has 1 heterocycles. The minimum absolute atomic E-state index is 0.0289. The summed E-state index contributed by atoms with van der Waals surface area (Å²) < 4.78 is 21.7. The number of anilines is 1. The Morgan fingerprint density at radius 2 is 1.79 bits per heavy atom. The van der Waals surface area contributed by atoms with Crippen molar-refractivity contribution in [2.24, 2.45) is 0 Å². The lowest BCUT2D eigenvalue weighted by Crippen LogP contribution is -2.54. The molecule has 0 radical (unpaired) electrons. The number of hydrogen-bond acceptors (Lipinski definition) is 4. The van der Waals surface area contributed by atoms with Gasteiger partial charge in [-0.3, -0.25) is 14.9 Å². The van der Waals surface area contributed by atoms with E-state index >= 15 is 0 Å². The number of thiocarbonyl (C=S) groups is 1. The highest BCUT2D eigenvalue weighted by Gasteiger charge is 2.35. The van der Waals surface area contributed by atoms with Crippen LogP contribution in [0.15, 0.2) is 76.8 Å². The number of rotatable bonds is 5. The Kier molecular flexibility index (Phi) is 7.20. The molecule has 33 heavy (non-hydrogen) atoms. The fraction of sp³-hybridized carbons (Fsp3) is 0.0417. The number of halogens is 3. The van der Waals surface area contributed by atoms with Crippen molar-refractivity contribution in [1.29, 1.82) is 0 Å².